The van der Waals surface area contributed by atoms with Crippen LogP contribution in [0.4, 0.5) is 0 Å². The number of guanidine groups is 1. The number of ether oxygens (including phenoxy) is 1. The fourth-order valence-electron chi connectivity index (χ4n) is 9.76. The van der Waals surface area contributed by atoms with Crippen molar-refractivity contribution < 1.29 is 52.7 Å². The molecule has 24 nitrogen and oxygen atoms in total. The topological polar surface area (TPSA) is 384 Å². The van der Waals surface area contributed by atoms with E-state index in [2.05, 4.69) is 49.1 Å². The van der Waals surface area contributed by atoms with Gasteiger partial charge in [-0.25, -0.2) is 0 Å². The highest BCUT2D eigenvalue weighted by molar-refractivity contribution is 8.77. The number of carbonyl (C=O) groups is 10. The number of nitrogens with two attached hydrogens (primary N) is 4. The predicted molar refractivity (Wildman–Crippen MR) is 304 cm³/mol. The largest absolute Gasteiger partial charge is 0.494 e. The average Bonchev–Trinajstić information content (AvgIpc) is 3.91. The minimum absolute atomic E-state index is 0.0149. The van der Waals surface area contributed by atoms with Crippen LogP contribution in [-0.4, -0.2) is 149 Å². The first-order valence-corrected chi connectivity index (χ1v) is 29.5. The molecule has 1 saturated carbocycles. The fourth-order valence-corrected chi connectivity index (χ4v) is 13.1. The molecular weight excluding hydrogens is 1070 g/mol. The molecule has 1 aliphatic carbocycles. The number of hydrogen-bond acceptors (Lipinski definition) is 14. The third-order valence-corrected chi connectivity index (χ3v) is 17.4. The maximum absolute atomic E-state index is 15.0. The normalized spacial score (nSPS) is 24.9. The second-order valence-electron chi connectivity index (χ2n) is 21.0. The highest BCUT2D eigenvalue weighted by Gasteiger charge is 2.43. The summed E-state index contributed by atoms with van der Waals surface area (Å²) in [4.78, 5) is 145. The molecule has 0 radical (unpaired) electrons. The van der Waals surface area contributed by atoms with Gasteiger partial charge in [0.15, 0.2) is 5.96 Å². The molecule has 2 saturated heterocycles. The summed E-state index contributed by atoms with van der Waals surface area (Å²) >= 11 is 0. The van der Waals surface area contributed by atoms with Gasteiger partial charge in [0.1, 0.15) is 48.0 Å². The summed E-state index contributed by atoms with van der Waals surface area (Å²) in [6.07, 6.45) is 2.77. The summed E-state index contributed by atoms with van der Waals surface area (Å²) in [6.45, 7) is 7.40. The minimum Gasteiger partial charge on any atom is -0.494 e. The Bertz CT molecular complexity index is 2530. The van der Waals surface area contributed by atoms with Gasteiger partial charge in [0.2, 0.25) is 59.1 Å². The monoisotopic (exact) mass is 1150 g/mol. The standard InChI is InChI=1S/C54H79N13O11S2/c1-5-78-35-17-15-34(16-18-35)26-37-47(72)63-38(25-33-11-7-6-8-12-33)49(74)66-45(31(2)3)51(76)64-39(27-42(55)68)48(73)65-40(30-79-80-54(28-44(70)61-37)21-19-32(4)20-22-54)52(77)67-24-10-14-41(67)50(75)62-36(13-9-23-59-53(57)58)46(71)60-29-43(56)69/h6-8,11-12,15-18,31-32,36-41,45H,5,9-10,13-14,19-30H2,1-4H3,(H2,55,68)(H2,56,69)(H,60,71)(H,61,70)(H,62,75)(H,63,72)(H,64,76)(H,65,73)(H,66,74)(H4,57,58,59). The summed E-state index contributed by atoms with van der Waals surface area (Å²) in [6, 6.07) is 6.81. The summed E-state index contributed by atoms with van der Waals surface area (Å²) < 4.78 is 4.91. The Morgan fingerprint density at radius 2 is 1.41 bits per heavy atom. The molecule has 10 amide bonds. The minimum atomic E-state index is -1.66. The highest BCUT2D eigenvalue weighted by Crippen LogP contribution is 2.49. The van der Waals surface area contributed by atoms with Crippen LogP contribution in [0.1, 0.15) is 103 Å². The molecule has 2 heterocycles. The van der Waals surface area contributed by atoms with Gasteiger partial charge in [-0.1, -0.05) is 84.8 Å². The molecule has 7 unspecified atom stereocenters. The molecule has 3 aliphatic rings. The Hall–Kier alpha value is -7.09. The van der Waals surface area contributed by atoms with Crippen LogP contribution < -0.4 is 64.9 Å². The van der Waals surface area contributed by atoms with Crippen molar-refractivity contribution in [1.82, 2.24) is 42.1 Å². The van der Waals surface area contributed by atoms with Gasteiger partial charge in [0.25, 0.3) is 0 Å². The summed E-state index contributed by atoms with van der Waals surface area (Å²) in [5.74, 6) is -7.56. The number of benzene rings is 2. The third kappa shape index (κ3) is 19.9. The number of hydrogen-bond donors (Lipinski definition) is 11. The summed E-state index contributed by atoms with van der Waals surface area (Å²) in [5, 5.41) is 19.0. The lowest BCUT2D eigenvalue weighted by Crippen LogP contribution is -2.61. The SMILES string of the molecule is CCOc1ccc(CC2NC(=O)CC3(CCC(C)CC3)SSCC(C(=O)N3CCCC3C(=O)NC(CCCN=C(N)N)C(=O)NCC(N)=O)NC(=O)C(CC(N)=O)NC(=O)C(C(C)C)NC(=O)C(Cc3ccccc3)NC2=O)cc1. The number of likely N-dealkylation sites (tertiary alicyclic amines) is 1. The van der Waals surface area contributed by atoms with Crippen molar-refractivity contribution in [3.8, 4) is 5.75 Å². The average molecular weight is 1150 g/mol. The zero-order chi connectivity index (χ0) is 58.5. The van der Waals surface area contributed by atoms with E-state index in [1.54, 1.807) is 68.4 Å². The number of nitrogens with one attached hydrogen (secondary N) is 7. The number of primary amides is 2. The summed E-state index contributed by atoms with van der Waals surface area (Å²) in [7, 11) is 2.59. The van der Waals surface area contributed by atoms with Crippen LogP contribution in [0.2, 0.25) is 0 Å². The van der Waals surface area contributed by atoms with E-state index < -0.39 is 125 Å². The third-order valence-electron chi connectivity index (χ3n) is 14.1. The zero-order valence-electron chi connectivity index (χ0n) is 45.9. The molecule has 0 aromatic heterocycles. The van der Waals surface area contributed by atoms with E-state index in [9.17, 15) is 47.9 Å². The van der Waals surface area contributed by atoms with E-state index in [1.807, 2.05) is 6.92 Å². The predicted octanol–water partition coefficient (Wildman–Crippen LogP) is -0.309. The van der Waals surface area contributed by atoms with Crippen molar-refractivity contribution in [1.29, 1.82) is 0 Å². The Morgan fingerprint density at radius 3 is 2.04 bits per heavy atom. The molecule has 1 spiro atoms. The van der Waals surface area contributed by atoms with Crippen LogP contribution in [0.15, 0.2) is 59.6 Å². The molecule has 2 aromatic carbocycles. The van der Waals surface area contributed by atoms with Gasteiger partial charge in [-0.2, -0.15) is 0 Å². The van der Waals surface area contributed by atoms with E-state index in [4.69, 9.17) is 27.7 Å². The lowest BCUT2D eigenvalue weighted by Gasteiger charge is -2.39. The van der Waals surface area contributed by atoms with Gasteiger partial charge in [-0.15, -0.1) is 0 Å². The second kappa shape index (κ2) is 31.1. The summed E-state index contributed by atoms with van der Waals surface area (Å²) in [5.41, 5.74) is 23.2. The van der Waals surface area contributed by atoms with Crippen LogP contribution in [0, 0.1) is 11.8 Å². The van der Waals surface area contributed by atoms with Crippen molar-refractivity contribution in [2.75, 3.05) is 32.0 Å². The molecule has 438 valence electrons. The highest BCUT2D eigenvalue weighted by atomic mass is 33.1. The first-order valence-electron chi connectivity index (χ1n) is 27.1. The van der Waals surface area contributed by atoms with E-state index in [0.29, 0.717) is 48.7 Å². The quantitative estimate of drug-likeness (QED) is 0.0372. The van der Waals surface area contributed by atoms with Gasteiger partial charge >= 0.3 is 0 Å². The van der Waals surface area contributed by atoms with Gasteiger partial charge in [-0.3, -0.25) is 52.9 Å². The number of amides is 10. The number of aliphatic imine (C=N–C) groups is 1. The first-order chi connectivity index (χ1) is 38.1. The Labute approximate surface area is 474 Å². The van der Waals surface area contributed by atoms with E-state index in [0.717, 1.165) is 12.8 Å². The van der Waals surface area contributed by atoms with E-state index >= 15 is 0 Å². The Kier molecular flexibility index (Phi) is 24.7. The molecule has 0 bridgehead atoms. The van der Waals surface area contributed by atoms with Crippen molar-refractivity contribution >= 4 is 86.6 Å². The number of nitrogens with zero attached hydrogens (tertiary/aromatic N) is 2. The molecule has 3 fully saturated rings. The van der Waals surface area contributed by atoms with Crippen LogP contribution in [0.3, 0.4) is 0 Å². The van der Waals surface area contributed by atoms with Crippen LogP contribution in [0.25, 0.3) is 0 Å². The first kappa shape index (κ1) is 63.7. The van der Waals surface area contributed by atoms with Gasteiger partial charge < -0.3 is 69.8 Å². The van der Waals surface area contributed by atoms with Crippen molar-refractivity contribution in [3.05, 3.63) is 65.7 Å². The maximum Gasteiger partial charge on any atom is 0.246 e. The van der Waals surface area contributed by atoms with E-state index in [-0.39, 0.29) is 63.3 Å². The van der Waals surface area contributed by atoms with Gasteiger partial charge in [-0.05, 0) is 93.4 Å². The second-order valence-corrected chi connectivity index (χ2v) is 23.8. The lowest BCUT2D eigenvalue weighted by atomic mass is 9.80. The smallest absolute Gasteiger partial charge is 0.246 e. The molecule has 2 aromatic rings. The molecular formula is C54H79N13O11S2. The molecule has 15 N–H and O–H groups in total. The molecule has 80 heavy (non-hydrogen) atoms. The van der Waals surface area contributed by atoms with Crippen molar-refractivity contribution in [3.63, 3.8) is 0 Å². The van der Waals surface area contributed by atoms with Gasteiger partial charge in [0.05, 0.1) is 19.6 Å². The molecule has 2 aliphatic heterocycles. The number of carbonyl (C=O) groups excluding carboxylic acids is 10. The van der Waals surface area contributed by atoms with Crippen LogP contribution in [-0.2, 0) is 60.8 Å². The molecule has 7 atom stereocenters. The fraction of sp³-hybridized carbons (Fsp3) is 0.574. The van der Waals surface area contributed by atoms with Crippen molar-refractivity contribution in [2.45, 2.75) is 152 Å². The van der Waals surface area contributed by atoms with Gasteiger partial charge in [0, 0.05) is 42.9 Å². The Morgan fingerprint density at radius 1 is 0.787 bits per heavy atom. The van der Waals surface area contributed by atoms with E-state index in [1.165, 1.54) is 26.5 Å². The van der Waals surface area contributed by atoms with Crippen LogP contribution in [0.5, 0.6) is 5.75 Å². The lowest BCUT2D eigenvalue weighted by molar-refractivity contribution is -0.142. The Balaban J connectivity index is 1.53. The zero-order valence-corrected chi connectivity index (χ0v) is 47.6. The van der Waals surface area contributed by atoms with Crippen molar-refractivity contribution in [2.24, 2.45) is 39.8 Å². The number of rotatable bonds is 19. The van der Waals surface area contributed by atoms with Crippen LogP contribution >= 0.6 is 21.6 Å². The molecule has 5 rings (SSSR count). The maximum atomic E-state index is 15.0. The molecule has 26 heteroatoms.